The molecule has 0 saturated carbocycles. The normalized spacial score (nSPS) is 13.7. The molecule has 1 fully saturated rings. The van der Waals surface area contributed by atoms with Crippen LogP contribution < -0.4 is 15.6 Å². The number of hydrogen-bond acceptors (Lipinski definition) is 7. The van der Waals surface area contributed by atoms with Crippen molar-refractivity contribution in [1.82, 2.24) is 14.9 Å². The zero-order valence-corrected chi connectivity index (χ0v) is 25.6. The van der Waals surface area contributed by atoms with Gasteiger partial charge in [-0.1, -0.05) is 30.3 Å². The first kappa shape index (κ1) is 29.1. The SMILES string of the molecule is Cc1cccnc1CNc1ccc2ccc3ncc(-c4ccc(N5CCN(C(=O)OC(C)(C)C)CC5)cc4)cc3c(=O)c2c1. The van der Waals surface area contributed by atoms with Gasteiger partial charge < -0.3 is 19.9 Å². The van der Waals surface area contributed by atoms with Crippen LogP contribution in [0.4, 0.5) is 16.2 Å². The van der Waals surface area contributed by atoms with Gasteiger partial charge in [0.1, 0.15) is 5.60 Å². The summed E-state index contributed by atoms with van der Waals surface area (Å²) in [5.74, 6) is 0. The second kappa shape index (κ2) is 12.0. The molecular weight excluding hydrogens is 550 g/mol. The Balaban J connectivity index is 1.21. The quantitative estimate of drug-likeness (QED) is 0.242. The van der Waals surface area contributed by atoms with Crippen molar-refractivity contribution in [2.24, 2.45) is 0 Å². The minimum Gasteiger partial charge on any atom is -0.444 e. The number of anilines is 2. The molecular formula is C36H37N5O3. The Morgan fingerprint density at radius 1 is 0.886 bits per heavy atom. The highest BCUT2D eigenvalue weighted by Gasteiger charge is 2.26. The molecule has 5 aromatic rings. The van der Waals surface area contributed by atoms with E-state index in [1.54, 1.807) is 11.1 Å². The Labute approximate surface area is 257 Å². The lowest BCUT2D eigenvalue weighted by Crippen LogP contribution is -2.50. The number of pyridine rings is 2. The van der Waals surface area contributed by atoms with E-state index >= 15 is 0 Å². The van der Waals surface area contributed by atoms with Crippen LogP contribution in [0.1, 0.15) is 32.0 Å². The minimum absolute atomic E-state index is 0.0495. The molecule has 224 valence electrons. The molecule has 0 aliphatic carbocycles. The molecule has 0 spiro atoms. The lowest BCUT2D eigenvalue weighted by molar-refractivity contribution is 0.0240. The standard InChI is InChI=1S/C36H37N5O3/c1-24-6-5-15-37-33(24)23-38-28-11-7-26-10-14-32-31(34(42)30(26)21-28)20-27(22-39-32)25-8-12-29(13-9-25)40-16-18-41(19-17-40)35(43)44-36(2,3)4/h5-15,20-22,38H,16-19,23H2,1-4H3. The third-order valence-corrected chi connectivity index (χ3v) is 7.96. The number of rotatable bonds is 5. The molecule has 1 aliphatic heterocycles. The zero-order valence-electron chi connectivity index (χ0n) is 25.6. The number of aryl methyl sites for hydroxylation is 1. The van der Waals surface area contributed by atoms with Crippen LogP contribution in [-0.4, -0.2) is 52.7 Å². The summed E-state index contributed by atoms with van der Waals surface area (Å²) >= 11 is 0. The maximum absolute atomic E-state index is 13.8. The summed E-state index contributed by atoms with van der Waals surface area (Å²) in [6, 6.07) is 23.9. The third-order valence-electron chi connectivity index (χ3n) is 7.96. The number of hydrogen-bond donors (Lipinski definition) is 1. The second-order valence-electron chi connectivity index (χ2n) is 12.2. The van der Waals surface area contributed by atoms with Gasteiger partial charge in [0.15, 0.2) is 5.43 Å². The van der Waals surface area contributed by atoms with Gasteiger partial charge in [0.25, 0.3) is 0 Å². The van der Waals surface area contributed by atoms with Crippen LogP contribution in [0.25, 0.3) is 32.8 Å². The fourth-order valence-electron chi connectivity index (χ4n) is 5.50. The predicted octanol–water partition coefficient (Wildman–Crippen LogP) is 6.79. The van der Waals surface area contributed by atoms with Gasteiger partial charge in [-0.15, -0.1) is 0 Å². The van der Waals surface area contributed by atoms with E-state index in [1.807, 2.05) is 82.4 Å². The van der Waals surface area contributed by atoms with E-state index in [4.69, 9.17) is 4.74 Å². The van der Waals surface area contributed by atoms with Crippen molar-refractivity contribution in [3.63, 3.8) is 0 Å². The zero-order chi connectivity index (χ0) is 30.8. The summed E-state index contributed by atoms with van der Waals surface area (Å²) in [6.45, 7) is 11.0. The van der Waals surface area contributed by atoms with Crippen molar-refractivity contribution >= 4 is 39.1 Å². The first-order valence-corrected chi connectivity index (χ1v) is 15.0. The summed E-state index contributed by atoms with van der Waals surface area (Å²) in [7, 11) is 0. The molecule has 6 rings (SSSR count). The number of carbonyl (C=O) groups excluding carboxylic acids is 1. The van der Waals surface area contributed by atoms with Crippen LogP contribution in [0.2, 0.25) is 0 Å². The van der Waals surface area contributed by atoms with E-state index in [-0.39, 0.29) is 11.5 Å². The van der Waals surface area contributed by atoms with E-state index in [0.29, 0.717) is 35.9 Å². The highest BCUT2D eigenvalue weighted by Crippen LogP contribution is 2.27. The monoisotopic (exact) mass is 587 g/mol. The maximum Gasteiger partial charge on any atom is 0.410 e. The Hall–Kier alpha value is -4.98. The molecule has 0 unspecified atom stereocenters. The smallest absolute Gasteiger partial charge is 0.410 e. The molecule has 8 nitrogen and oxygen atoms in total. The molecule has 1 N–H and O–H groups in total. The number of fused-ring (bicyclic) bond motifs is 2. The molecule has 0 atom stereocenters. The Kier molecular flexibility index (Phi) is 7.91. The van der Waals surface area contributed by atoms with E-state index < -0.39 is 5.60 Å². The number of benzene rings is 2. The number of piperazine rings is 1. The van der Waals surface area contributed by atoms with Gasteiger partial charge in [-0.25, -0.2) is 4.79 Å². The summed E-state index contributed by atoms with van der Waals surface area (Å²) in [5, 5.41) is 5.51. The van der Waals surface area contributed by atoms with Gasteiger partial charge in [0.05, 0.1) is 17.8 Å². The summed E-state index contributed by atoms with van der Waals surface area (Å²) in [4.78, 5) is 39.4. The van der Waals surface area contributed by atoms with Gasteiger partial charge in [0, 0.05) is 66.3 Å². The summed E-state index contributed by atoms with van der Waals surface area (Å²) in [5.41, 5.74) is 6.03. The van der Waals surface area contributed by atoms with Crippen LogP contribution in [-0.2, 0) is 11.3 Å². The number of nitrogens with one attached hydrogen (secondary N) is 1. The largest absolute Gasteiger partial charge is 0.444 e. The Morgan fingerprint density at radius 3 is 2.36 bits per heavy atom. The lowest BCUT2D eigenvalue weighted by Gasteiger charge is -2.36. The van der Waals surface area contributed by atoms with Gasteiger partial charge >= 0.3 is 6.09 Å². The fourth-order valence-corrected chi connectivity index (χ4v) is 5.50. The van der Waals surface area contributed by atoms with E-state index in [0.717, 1.165) is 52.2 Å². The van der Waals surface area contributed by atoms with Crippen LogP contribution in [0, 0.1) is 6.92 Å². The molecule has 1 aliphatic rings. The molecule has 8 heteroatoms. The highest BCUT2D eigenvalue weighted by atomic mass is 16.6. The molecule has 0 bridgehead atoms. The topological polar surface area (TPSA) is 87.7 Å². The molecule has 1 amide bonds. The summed E-state index contributed by atoms with van der Waals surface area (Å²) in [6.07, 6.45) is 3.35. The molecule has 1 saturated heterocycles. The molecule has 2 aromatic heterocycles. The van der Waals surface area contributed by atoms with Crippen LogP contribution in [0.15, 0.2) is 90.0 Å². The van der Waals surface area contributed by atoms with Crippen molar-refractivity contribution in [2.75, 3.05) is 36.4 Å². The van der Waals surface area contributed by atoms with Crippen LogP contribution in [0.3, 0.4) is 0 Å². The fraction of sp³-hybridized carbons (Fsp3) is 0.278. The molecule has 0 radical (unpaired) electrons. The maximum atomic E-state index is 13.8. The second-order valence-corrected chi connectivity index (χ2v) is 12.2. The van der Waals surface area contributed by atoms with Crippen molar-refractivity contribution in [3.05, 3.63) is 107 Å². The van der Waals surface area contributed by atoms with Gasteiger partial charge in [-0.3, -0.25) is 14.8 Å². The molecule has 3 aromatic carbocycles. The number of carbonyl (C=O) groups is 1. The average molecular weight is 588 g/mol. The van der Waals surface area contributed by atoms with Gasteiger partial charge in [0.2, 0.25) is 0 Å². The Bertz CT molecular complexity index is 1890. The predicted molar refractivity (Wildman–Crippen MR) is 177 cm³/mol. The highest BCUT2D eigenvalue weighted by molar-refractivity contribution is 5.94. The van der Waals surface area contributed by atoms with Crippen LogP contribution in [0.5, 0.6) is 0 Å². The van der Waals surface area contributed by atoms with E-state index in [1.165, 1.54) is 0 Å². The van der Waals surface area contributed by atoms with Gasteiger partial charge in [-0.2, -0.15) is 0 Å². The molecule has 3 heterocycles. The molecule has 44 heavy (non-hydrogen) atoms. The first-order chi connectivity index (χ1) is 21.1. The minimum atomic E-state index is -0.501. The van der Waals surface area contributed by atoms with Crippen molar-refractivity contribution in [1.29, 1.82) is 0 Å². The van der Waals surface area contributed by atoms with Gasteiger partial charge in [-0.05, 0) is 86.7 Å². The first-order valence-electron chi connectivity index (χ1n) is 15.0. The number of aromatic nitrogens is 2. The average Bonchev–Trinajstić information content (AvgIpc) is 3.16. The number of nitrogens with zero attached hydrogens (tertiary/aromatic N) is 4. The lowest BCUT2D eigenvalue weighted by atomic mass is 10.0. The van der Waals surface area contributed by atoms with Crippen molar-refractivity contribution < 1.29 is 9.53 Å². The van der Waals surface area contributed by atoms with Crippen molar-refractivity contribution in [2.45, 2.75) is 39.8 Å². The van der Waals surface area contributed by atoms with Crippen molar-refractivity contribution in [3.8, 4) is 11.1 Å². The Morgan fingerprint density at radius 2 is 1.64 bits per heavy atom. The number of amides is 1. The van der Waals surface area contributed by atoms with E-state index in [9.17, 15) is 9.59 Å². The van der Waals surface area contributed by atoms with Crippen LogP contribution >= 0.6 is 0 Å². The number of ether oxygens (including phenoxy) is 1. The van der Waals surface area contributed by atoms with E-state index in [2.05, 4.69) is 44.5 Å². The summed E-state index contributed by atoms with van der Waals surface area (Å²) < 4.78 is 5.52. The third kappa shape index (κ3) is 6.34.